The third kappa shape index (κ3) is 1.46. The van der Waals surface area contributed by atoms with E-state index in [2.05, 4.69) is 0 Å². The molecular formula is C6H12O4. The molecule has 3 atom stereocenters. The molecule has 1 saturated heterocycles. The van der Waals surface area contributed by atoms with Crippen molar-refractivity contribution in [2.24, 2.45) is 0 Å². The molecule has 0 saturated carbocycles. The molecule has 0 aromatic carbocycles. The second-order valence-electron chi connectivity index (χ2n) is 2.44. The maximum Gasteiger partial charge on any atom is 0.108 e. The van der Waals surface area contributed by atoms with E-state index in [4.69, 9.17) is 20.1 Å². The van der Waals surface area contributed by atoms with Crippen molar-refractivity contribution in [2.75, 3.05) is 13.2 Å². The van der Waals surface area contributed by atoms with Gasteiger partial charge in [-0.05, 0) is 6.42 Å². The molecule has 0 bridgehead atoms. The molecule has 1 heterocycles. The van der Waals surface area contributed by atoms with Crippen LogP contribution in [0, 0.1) is 0 Å². The molecule has 0 aromatic rings. The highest BCUT2D eigenvalue weighted by atomic mass is 16.5. The van der Waals surface area contributed by atoms with Crippen LogP contribution in [-0.4, -0.2) is 46.8 Å². The van der Waals surface area contributed by atoms with E-state index < -0.39 is 12.2 Å². The Balaban J connectivity index is 2.33. The van der Waals surface area contributed by atoms with Gasteiger partial charge in [0.2, 0.25) is 0 Å². The zero-order valence-electron chi connectivity index (χ0n) is 5.60. The molecular weight excluding hydrogens is 136 g/mol. The van der Waals surface area contributed by atoms with E-state index in [9.17, 15) is 0 Å². The van der Waals surface area contributed by atoms with Crippen molar-refractivity contribution in [3.8, 4) is 0 Å². The lowest BCUT2D eigenvalue weighted by molar-refractivity contribution is 0.0117. The Hall–Kier alpha value is -0.160. The molecule has 1 aliphatic rings. The summed E-state index contributed by atoms with van der Waals surface area (Å²) >= 11 is 0. The summed E-state index contributed by atoms with van der Waals surface area (Å²) in [6, 6.07) is 0. The fourth-order valence-electron chi connectivity index (χ4n) is 1.05. The molecule has 0 aromatic heterocycles. The van der Waals surface area contributed by atoms with Gasteiger partial charge in [-0.3, -0.25) is 0 Å². The van der Waals surface area contributed by atoms with E-state index in [1.54, 1.807) is 0 Å². The van der Waals surface area contributed by atoms with E-state index in [0.717, 1.165) is 0 Å². The summed E-state index contributed by atoms with van der Waals surface area (Å²) < 4.78 is 4.96. The van der Waals surface area contributed by atoms with Crippen LogP contribution < -0.4 is 0 Å². The molecule has 0 radical (unpaired) electrons. The lowest BCUT2D eigenvalue weighted by Gasteiger charge is -2.12. The van der Waals surface area contributed by atoms with Crippen LogP contribution in [0.1, 0.15) is 6.42 Å². The predicted octanol–water partition coefficient (Wildman–Crippen LogP) is -1.51. The van der Waals surface area contributed by atoms with Crippen LogP contribution in [0.5, 0.6) is 0 Å². The van der Waals surface area contributed by atoms with Crippen LogP contribution in [-0.2, 0) is 4.74 Å². The van der Waals surface area contributed by atoms with Gasteiger partial charge in [0.15, 0.2) is 0 Å². The van der Waals surface area contributed by atoms with Crippen LogP contribution in [0.3, 0.4) is 0 Å². The van der Waals surface area contributed by atoms with Crippen molar-refractivity contribution < 1.29 is 20.1 Å². The van der Waals surface area contributed by atoms with Crippen LogP contribution in [0.4, 0.5) is 0 Å². The number of hydrogen-bond donors (Lipinski definition) is 3. The molecule has 4 nitrogen and oxygen atoms in total. The van der Waals surface area contributed by atoms with Gasteiger partial charge in [-0.1, -0.05) is 0 Å². The molecule has 0 amide bonds. The maximum atomic E-state index is 9.10. The summed E-state index contributed by atoms with van der Waals surface area (Å²) in [4.78, 5) is 0. The van der Waals surface area contributed by atoms with Gasteiger partial charge < -0.3 is 20.1 Å². The second kappa shape index (κ2) is 3.30. The Bertz CT molecular complexity index is 104. The third-order valence-electron chi connectivity index (χ3n) is 1.67. The summed E-state index contributed by atoms with van der Waals surface area (Å²) in [7, 11) is 0. The Morgan fingerprint density at radius 2 is 2.10 bits per heavy atom. The van der Waals surface area contributed by atoms with Crippen LogP contribution >= 0.6 is 0 Å². The Morgan fingerprint density at radius 1 is 1.40 bits per heavy atom. The first-order valence-electron chi connectivity index (χ1n) is 3.34. The zero-order valence-corrected chi connectivity index (χ0v) is 5.60. The molecule has 1 fully saturated rings. The van der Waals surface area contributed by atoms with Gasteiger partial charge in [0, 0.05) is 6.61 Å². The number of ether oxygens (including phenoxy) is 1. The molecule has 0 spiro atoms. The first kappa shape index (κ1) is 7.94. The van der Waals surface area contributed by atoms with E-state index in [-0.39, 0.29) is 19.3 Å². The summed E-state index contributed by atoms with van der Waals surface area (Å²) in [5.74, 6) is 0. The van der Waals surface area contributed by atoms with Crippen molar-refractivity contribution in [3.63, 3.8) is 0 Å². The summed E-state index contributed by atoms with van der Waals surface area (Å²) in [5.41, 5.74) is 0. The Labute approximate surface area is 59.1 Å². The predicted molar refractivity (Wildman–Crippen MR) is 33.5 cm³/mol. The quantitative estimate of drug-likeness (QED) is 0.445. The van der Waals surface area contributed by atoms with E-state index in [1.165, 1.54) is 0 Å². The number of hydrogen-bond acceptors (Lipinski definition) is 4. The molecule has 60 valence electrons. The lowest BCUT2D eigenvalue weighted by Crippen LogP contribution is -2.30. The number of rotatable bonds is 2. The first-order valence-corrected chi connectivity index (χ1v) is 3.34. The smallest absolute Gasteiger partial charge is 0.108 e. The molecule has 0 aliphatic carbocycles. The molecule has 3 N–H and O–H groups in total. The zero-order chi connectivity index (χ0) is 7.56. The SMILES string of the molecule is OCC[C@H]1OC[C@@H](O)[C@H]1O. The monoisotopic (exact) mass is 148 g/mol. The minimum atomic E-state index is -0.827. The van der Waals surface area contributed by atoms with Gasteiger partial charge in [0.25, 0.3) is 0 Å². The molecule has 1 rings (SSSR count). The lowest BCUT2D eigenvalue weighted by atomic mass is 10.1. The average molecular weight is 148 g/mol. The van der Waals surface area contributed by atoms with Crippen molar-refractivity contribution in [1.82, 2.24) is 0 Å². The highest BCUT2D eigenvalue weighted by Crippen LogP contribution is 2.16. The average Bonchev–Trinajstić information content (AvgIpc) is 2.20. The fraction of sp³-hybridized carbons (Fsp3) is 1.00. The molecule has 1 aliphatic heterocycles. The van der Waals surface area contributed by atoms with Gasteiger partial charge in [-0.25, -0.2) is 0 Å². The standard InChI is InChI=1S/C6H12O4/c7-2-1-5-6(9)4(8)3-10-5/h4-9H,1-3H2/t4-,5-,6-/m1/s1. The Morgan fingerprint density at radius 3 is 2.50 bits per heavy atom. The van der Waals surface area contributed by atoms with Crippen LogP contribution in [0.15, 0.2) is 0 Å². The Kier molecular flexibility index (Phi) is 2.62. The minimum absolute atomic E-state index is 0.0194. The fourth-order valence-corrected chi connectivity index (χ4v) is 1.05. The van der Waals surface area contributed by atoms with Gasteiger partial charge in [0.05, 0.1) is 12.7 Å². The van der Waals surface area contributed by atoms with Crippen molar-refractivity contribution in [3.05, 3.63) is 0 Å². The molecule has 10 heavy (non-hydrogen) atoms. The van der Waals surface area contributed by atoms with Crippen molar-refractivity contribution in [1.29, 1.82) is 0 Å². The van der Waals surface area contributed by atoms with Gasteiger partial charge in [-0.15, -0.1) is 0 Å². The van der Waals surface area contributed by atoms with E-state index in [1.807, 2.05) is 0 Å². The summed E-state index contributed by atoms with van der Waals surface area (Å²) in [6.45, 7) is 0.153. The number of aliphatic hydroxyl groups is 3. The second-order valence-corrected chi connectivity index (χ2v) is 2.44. The van der Waals surface area contributed by atoms with Gasteiger partial charge in [0.1, 0.15) is 12.2 Å². The third-order valence-corrected chi connectivity index (χ3v) is 1.67. The minimum Gasteiger partial charge on any atom is -0.396 e. The van der Waals surface area contributed by atoms with E-state index >= 15 is 0 Å². The van der Waals surface area contributed by atoms with Crippen molar-refractivity contribution >= 4 is 0 Å². The van der Waals surface area contributed by atoms with Crippen LogP contribution in [0.25, 0.3) is 0 Å². The summed E-state index contributed by atoms with van der Waals surface area (Å²) in [5, 5.41) is 26.5. The normalized spacial score (nSPS) is 40.5. The molecule has 0 unspecified atom stereocenters. The topological polar surface area (TPSA) is 69.9 Å². The number of aliphatic hydroxyl groups excluding tert-OH is 3. The highest BCUT2D eigenvalue weighted by molar-refractivity contribution is 4.82. The van der Waals surface area contributed by atoms with Gasteiger partial charge >= 0.3 is 0 Å². The first-order chi connectivity index (χ1) is 4.75. The van der Waals surface area contributed by atoms with Crippen LogP contribution in [0.2, 0.25) is 0 Å². The largest absolute Gasteiger partial charge is 0.396 e. The highest BCUT2D eigenvalue weighted by Gasteiger charge is 2.33. The maximum absolute atomic E-state index is 9.10. The van der Waals surface area contributed by atoms with Crippen molar-refractivity contribution in [2.45, 2.75) is 24.7 Å². The summed E-state index contributed by atoms with van der Waals surface area (Å²) in [6.07, 6.45) is -1.61. The van der Waals surface area contributed by atoms with E-state index in [0.29, 0.717) is 6.42 Å². The molecule has 4 heteroatoms. The van der Waals surface area contributed by atoms with Gasteiger partial charge in [-0.2, -0.15) is 0 Å².